The zero-order chi connectivity index (χ0) is 10.9. The third-order valence-electron chi connectivity index (χ3n) is 2.02. The van der Waals surface area contributed by atoms with E-state index in [1.54, 1.807) is 6.20 Å². The van der Waals surface area contributed by atoms with Crippen molar-refractivity contribution in [2.45, 2.75) is 19.8 Å². The third-order valence-corrected chi connectivity index (χ3v) is 2.45. The highest BCUT2D eigenvalue weighted by atomic mass is 79.9. The highest BCUT2D eigenvalue weighted by Gasteiger charge is 1.91. The second kappa shape index (κ2) is 7.60. The van der Waals surface area contributed by atoms with E-state index in [0.717, 1.165) is 30.4 Å². The lowest BCUT2D eigenvalue weighted by atomic mass is 10.2. The lowest BCUT2D eigenvalue weighted by Crippen LogP contribution is -2.12. The molecule has 0 spiro atoms. The van der Waals surface area contributed by atoms with E-state index < -0.39 is 0 Å². The first-order valence-electron chi connectivity index (χ1n) is 5.28. The lowest BCUT2D eigenvalue weighted by molar-refractivity contribution is 0.726. The van der Waals surface area contributed by atoms with E-state index in [1.807, 2.05) is 6.20 Å². The summed E-state index contributed by atoms with van der Waals surface area (Å²) in [6.45, 7) is 4.23. The normalized spacial score (nSPS) is 11.1. The molecule has 1 aromatic heterocycles. The lowest BCUT2D eigenvalue weighted by Gasteiger charge is -1.97. The number of nitrogens with zero attached hydrogens (tertiary/aromatic N) is 1. The Balaban J connectivity index is 2.24. The van der Waals surface area contributed by atoms with Gasteiger partial charge in [-0.05, 0) is 53.5 Å². The van der Waals surface area contributed by atoms with Gasteiger partial charge in [0, 0.05) is 16.9 Å². The molecule has 0 saturated carbocycles. The molecule has 0 bridgehead atoms. The molecule has 0 aromatic carbocycles. The van der Waals surface area contributed by atoms with Crippen molar-refractivity contribution in [3.05, 3.63) is 40.6 Å². The van der Waals surface area contributed by atoms with E-state index in [2.05, 4.69) is 51.4 Å². The molecule has 0 radical (unpaired) electrons. The molecule has 0 aliphatic heterocycles. The SMILES string of the molecule is CCNCC/C=C/Cc1cncc(Br)c1. The van der Waals surface area contributed by atoms with E-state index in [0.29, 0.717) is 0 Å². The standard InChI is InChI=1S/C12H17BrN2/c1-2-14-7-5-3-4-6-11-8-12(13)10-15-9-11/h3-4,8-10,14H,2,5-7H2,1H3/b4-3+. The molecular weight excluding hydrogens is 252 g/mol. The summed E-state index contributed by atoms with van der Waals surface area (Å²) in [5, 5.41) is 3.28. The van der Waals surface area contributed by atoms with Crippen LogP contribution >= 0.6 is 15.9 Å². The van der Waals surface area contributed by atoms with Gasteiger partial charge in [-0.25, -0.2) is 0 Å². The molecule has 0 atom stereocenters. The fourth-order valence-electron chi connectivity index (χ4n) is 1.27. The van der Waals surface area contributed by atoms with Gasteiger partial charge in [-0.3, -0.25) is 4.98 Å². The Labute approximate surface area is 99.9 Å². The maximum Gasteiger partial charge on any atom is 0.0410 e. The van der Waals surface area contributed by atoms with Crippen molar-refractivity contribution in [1.82, 2.24) is 10.3 Å². The van der Waals surface area contributed by atoms with Crippen LogP contribution in [-0.4, -0.2) is 18.1 Å². The van der Waals surface area contributed by atoms with E-state index in [-0.39, 0.29) is 0 Å². The highest BCUT2D eigenvalue weighted by molar-refractivity contribution is 9.10. The minimum absolute atomic E-state index is 0.957. The Bertz CT molecular complexity index is 310. The fourth-order valence-corrected chi connectivity index (χ4v) is 1.68. The highest BCUT2D eigenvalue weighted by Crippen LogP contribution is 2.10. The summed E-state index contributed by atoms with van der Waals surface area (Å²) >= 11 is 3.41. The van der Waals surface area contributed by atoms with Crippen LogP contribution < -0.4 is 5.32 Å². The van der Waals surface area contributed by atoms with Gasteiger partial charge in [0.15, 0.2) is 0 Å². The summed E-state index contributed by atoms with van der Waals surface area (Å²) in [6, 6.07) is 2.10. The topological polar surface area (TPSA) is 24.9 Å². The number of allylic oxidation sites excluding steroid dienone is 1. The van der Waals surface area contributed by atoms with Gasteiger partial charge >= 0.3 is 0 Å². The van der Waals surface area contributed by atoms with Gasteiger partial charge in [0.1, 0.15) is 0 Å². The van der Waals surface area contributed by atoms with Crippen molar-refractivity contribution < 1.29 is 0 Å². The zero-order valence-electron chi connectivity index (χ0n) is 9.04. The predicted molar refractivity (Wildman–Crippen MR) is 67.9 cm³/mol. The molecule has 1 N–H and O–H groups in total. The Morgan fingerprint density at radius 3 is 3.00 bits per heavy atom. The molecule has 1 rings (SSSR count). The molecule has 82 valence electrons. The smallest absolute Gasteiger partial charge is 0.0410 e. The molecule has 0 amide bonds. The van der Waals surface area contributed by atoms with Crippen LogP contribution in [0.1, 0.15) is 18.9 Å². The first-order valence-corrected chi connectivity index (χ1v) is 6.07. The van der Waals surface area contributed by atoms with Crippen molar-refractivity contribution in [3.8, 4) is 0 Å². The van der Waals surface area contributed by atoms with Crippen molar-refractivity contribution in [2.75, 3.05) is 13.1 Å². The van der Waals surface area contributed by atoms with Crippen molar-refractivity contribution in [2.24, 2.45) is 0 Å². The maximum absolute atomic E-state index is 4.12. The van der Waals surface area contributed by atoms with Crippen molar-refractivity contribution in [1.29, 1.82) is 0 Å². The average Bonchev–Trinajstić information content (AvgIpc) is 2.23. The van der Waals surface area contributed by atoms with Crippen molar-refractivity contribution >= 4 is 15.9 Å². The molecule has 2 nitrogen and oxygen atoms in total. The molecule has 0 aliphatic carbocycles. The molecule has 0 aliphatic rings. The van der Waals surface area contributed by atoms with Gasteiger partial charge in [0.25, 0.3) is 0 Å². The fraction of sp³-hybridized carbons (Fsp3) is 0.417. The van der Waals surface area contributed by atoms with Crippen LogP contribution in [0.5, 0.6) is 0 Å². The Hall–Kier alpha value is -0.670. The quantitative estimate of drug-likeness (QED) is 0.634. The van der Waals surface area contributed by atoms with Crippen LogP contribution in [0.25, 0.3) is 0 Å². The van der Waals surface area contributed by atoms with Gasteiger partial charge in [0.05, 0.1) is 0 Å². The predicted octanol–water partition coefficient (Wildman–Crippen LogP) is 2.94. The van der Waals surface area contributed by atoms with Crippen LogP contribution in [0, 0.1) is 0 Å². The molecule has 1 aromatic rings. The Morgan fingerprint density at radius 2 is 2.27 bits per heavy atom. The first-order chi connectivity index (χ1) is 7.33. The molecule has 15 heavy (non-hydrogen) atoms. The molecule has 3 heteroatoms. The maximum atomic E-state index is 4.12. The average molecular weight is 269 g/mol. The van der Waals surface area contributed by atoms with Gasteiger partial charge < -0.3 is 5.32 Å². The largest absolute Gasteiger partial charge is 0.317 e. The second-order valence-corrected chi connectivity index (χ2v) is 4.24. The third kappa shape index (κ3) is 5.70. The number of nitrogens with one attached hydrogen (secondary N) is 1. The van der Waals surface area contributed by atoms with Gasteiger partial charge in [-0.1, -0.05) is 19.1 Å². The molecule has 0 unspecified atom stereocenters. The van der Waals surface area contributed by atoms with E-state index in [1.165, 1.54) is 5.56 Å². The summed E-state index contributed by atoms with van der Waals surface area (Å²) in [4.78, 5) is 4.12. The van der Waals surface area contributed by atoms with Crippen LogP contribution in [0.15, 0.2) is 35.1 Å². The van der Waals surface area contributed by atoms with Crippen molar-refractivity contribution in [3.63, 3.8) is 0 Å². The molecule has 1 heterocycles. The molecular formula is C12H17BrN2. The minimum atomic E-state index is 0.957. The number of halogens is 1. The monoisotopic (exact) mass is 268 g/mol. The minimum Gasteiger partial charge on any atom is -0.317 e. The second-order valence-electron chi connectivity index (χ2n) is 3.33. The van der Waals surface area contributed by atoms with E-state index >= 15 is 0 Å². The number of hydrogen-bond acceptors (Lipinski definition) is 2. The Kier molecular flexibility index (Phi) is 6.28. The van der Waals surface area contributed by atoms with E-state index in [9.17, 15) is 0 Å². The van der Waals surface area contributed by atoms with Crippen LogP contribution in [0.3, 0.4) is 0 Å². The number of rotatable bonds is 6. The summed E-state index contributed by atoms with van der Waals surface area (Å²) < 4.78 is 1.04. The number of hydrogen-bond donors (Lipinski definition) is 1. The number of aromatic nitrogens is 1. The van der Waals surface area contributed by atoms with Gasteiger partial charge in [-0.15, -0.1) is 0 Å². The van der Waals surface area contributed by atoms with Gasteiger partial charge in [-0.2, -0.15) is 0 Å². The summed E-state index contributed by atoms with van der Waals surface area (Å²) in [6.07, 6.45) is 10.2. The first kappa shape index (κ1) is 12.4. The summed E-state index contributed by atoms with van der Waals surface area (Å²) in [7, 11) is 0. The molecule has 0 saturated heterocycles. The Morgan fingerprint density at radius 1 is 1.40 bits per heavy atom. The number of pyridine rings is 1. The van der Waals surface area contributed by atoms with Crippen LogP contribution in [0.2, 0.25) is 0 Å². The van der Waals surface area contributed by atoms with Crippen LogP contribution in [-0.2, 0) is 6.42 Å². The van der Waals surface area contributed by atoms with Crippen LogP contribution in [0.4, 0.5) is 0 Å². The summed E-state index contributed by atoms with van der Waals surface area (Å²) in [5.41, 5.74) is 1.24. The summed E-state index contributed by atoms with van der Waals surface area (Å²) in [5.74, 6) is 0. The van der Waals surface area contributed by atoms with Gasteiger partial charge in [0.2, 0.25) is 0 Å². The molecule has 0 fully saturated rings. The van der Waals surface area contributed by atoms with E-state index in [4.69, 9.17) is 0 Å². The zero-order valence-corrected chi connectivity index (χ0v) is 10.6.